The highest BCUT2D eigenvalue weighted by Crippen LogP contribution is 2.43. The number of amides is 1. The van der Waals surface area contributed by atoms with Crippen LogP contribution in [0.1, 0.15) is 30.5 Å². The van der Waals surface area contributed by atoms with E-state index in [1.807, 2.05) is 6.92 Å². The van der Waals surface area contributed by atoms with E-state index in [4.69, 9.17) is 25.8 Å². The second-order valence-electron chi connectivity index (χ2n) is 8.13. The average Bonchev–Trinajstić information content (AvgIpc) is 3.17. The molecule has 0 saturated carbocycles. The zero-order valence-corrected chi connectivity index (χ0v) is 20.9. The predicted molar refractivity (Wildman–Crippen MR) is 138 cm³/mol. The van der Waals surface area contributed by atoms with Crippen LogP contribution in [0.5, 0.6) is 17.2 Å². The molecule has 3 aromatic carbocycles. The number of methoxy groups -OCH3 is 2. The van der Waals surface area contributed by atoms with Crippen molar-refractivity contribution in [3.8, 4) is 17.2 Å². The van der Waals surface area contributed by atoms with E-state index in [0.717, 1.165) is 6.42 Å². The highest BCUT2D eigenvalue weighted by atomic mass is 35.5. The number of halogens is 1. The average molecular weight is 508 g/mol. The quantitative estimate of drug-likeness (QED) is 0.236. The van der Waals surface area contributed by atoms with Crippen molar-refractivity contribution in [2.24, 2.45) is 0 Å². The number of benzene rings is 3. The Balaban J connectivity index is 1.87. The Morgan fingerprint density at radius 1 is 0.944 bits per heavy atom. The van der Waals surface area contributed by atoms with E-state index in [2.05, 4.69) is 0 Å². The lowest BCUT2D eigenvalue weighted by Crippen LogP contribution is -2.29. The number of nitrogens with zero attached hydrogens (tertiary/aromatic N) is 1. The smallest absolute Gasteiger partial charge is 0.300 e. The van der Waals surface area contributed by atoms with Gasteiger partial charge in [-0.05, 0) is 66.6 Å². The maximum atomic E-state index is 13.3. The summed E-state index contributed by atoms with van der Waals surface area (Å²) < 4.78 is 16.2. The van der Waals surface area contributed by atoms with Crippen molar-refractivity contribution >= 4 is 34.7 Å². The van der Waals surface area contributed by atoms with Crippen LogP contribution >= 0.6 is 11.6 Å². The Morgan fingerprint density at radius 2 is 1.61 bits per heavy atom. The molecule has 1 amide bonds. The van der Waals surface area contributed by atoms with Gasteiger partial charge in [0.1, 0.15) is 23.0 Å². The number of hydrogen-bond acceptors (Lipinski definition) is 6. The Labute approximate surface area is 214 Å². The van der Waals surface area contributed by atoms with Crippen LogP contribution in [-0.4, -0.2) is 37.6 Å². The molecule has 0 aliphatic carbocycles. The van der Waals surface area contributed by atoms with Gasteiger partial charge in [-0.25, -0.2) is 0 Å². The van der Waals surface area contributed by atoms with E-state index in [0.29, 0.717) is 45.7 Å². The second kappa shape index (κ2) is 10.7. The minimum absolute atomic E-state index is 0.0394. The number of ether oxygens (including phenoxy) is 3. The van der Waals surface area contributed by atoms with E-state index in [1.165, 1.54) is 18.1 Å². The van der Waals surface area contributed by atoms with E-state index in [1.54, 1.807) is 67.8 Å². The Morgan fingerprint density at radius 3 is 2.22 bits per heavy atom. The number of aliphatic hydroxyl groups excluding tert-OH is 1. The van der Waals surface area contributed by atoms with Gasteiger partial charge in [0.15, 0.2) is 0 Å². The zero-order chi connectivity index (χ0) is 25.8. The Bertz CT molecular complexity index is 1300. The fraction of sp³-hybridized carbons (Fsp3) is 0.214. The van der Waals surface area contributed by atoms with Crippen molar-refractivity contribution in [1.82, 2.24) is 0 Å². The maximum Gasteiger partial charge on any atom is 0.300 e. The van der Waals surface area contributed by atoms with E-state index in [-0.39, 0.29) is 11.3 Å². The van der Waals surface area contributed by atoms with Crippen molar-refractivity contribution in [1.29, 1.82) is 0 Å². The summed E-state index contributed by atoms with van der Waals surface area (Å²) in [5, 5.41) is 11.7. The highest BCUT2D eigenvalue weighted by molar-refractivity contribution is 6.51. The zero-order valence-electron chi connectivity index (χ0n) is 20.2. The molecule has 1 N–H and O–H groups in total. The van der Waals surface area contributed by atoms with Gasteiger partial charge in [-0.15, -0.1) is 0 Å². The molecule has 3 aromatic rings. The normalized spacial score (nSPS) is 16.8. The van der Waals surface area contributed by atoms with Crippen LogP contribution in [0, 0.1) is 0 Å². The van der Waals surface area contributed by atoms with Gasteiger partial charge >= 0.3 is 0 Å². The molecule has 36 heavy (non-hydrogen) atoms. The minimum Gasteiger partial charge on any atom is -0.507 e. The van der Waals surface area contributed by atoms with Crippen LogP contribution in [0.2, 0.25) is 5.02 Å². The molecule has 7 nitrogen and oxygen atoms in total. The molecule has 4 rings (SSSR count). The van der Waals surface area contributed by atoms with Gasteiger partial charge < -0.3 is 19.3 Å². The molecule has 0 aromatic heterocycles. The summed E-state index contributed by atoms with van der Waals surface area (Å²) in [6.45, 7) is 2.59. The first-order chi connectivity index (χ1) is 17.4. The number of ketones is 1. The minimum atomic E-state index is -0.875. The van der Waals surface area contributed by atoms with Gasteiger partial charge in [0.05, 0.1) is 37.5 Å². The van der Waals surface area contributed by atoms with Crippen LogP contribution in [0.3, 0.4) is 0 Å². The Hall–Kier alpha value is -3.97. The summed E-state index contributed by atoms with van der Waals surface area (Å²) in [6, 6.07) is 17.7. The summed E-state index contributed by atoms with van der Waals surface area (Å²) in [7, 11) is 3.00. The summed E-state index contributed by atoms with van der Waals surface area (Å²) in [4.78, 5) is 28.0. The molecule has 1 saturated heterocycles. The van der Waals surface area contributed by atoms with Crippen molar-refractivity contribution in [2.45, 2.75) is 19.4 Å². The monoisotopic (exact) mass is 507 g/mol. The van der Waals surface area contributed by atoms with Gasteiger partial charge in [0.25, 0.3) is 11.7 Å². The SMILES string of the molecule is CCCOc1ccc(C2/C(=C(/O)c3ccc(Cl)c(OC)c3)C(=O)C(=O)N2c2ccc(OC)cc2)cc1. The topological polar surface area (TPSA) is 85.3 Å². The van der Waals surface area contributed by atoms with E-state index in [9.17, 15) is 14.7 Å². The number of anilines is 1. The standard InChI is InChI=1S/C28H26ClNO6/c1-4-15-36-21-10-5-17(6-11-21)25-24(26(31)18-7-14-22(29)23(16-18)35-3)27(32)28(33)30(25)19-8-12-20(34-2)13-9-19/h5-14,16,25,31H,4,15H2,1-3H3/b26-24-. The highest BCUT2D eigenvalue weighted by Gasteiger charge is 2.47. The summed E-state index contributed by atoms with van der Waals surface area (Å²) in [6.07, 6.45) is 0.865. The predicted octanol–water partition coefficient (Wildman–Crippen LogP) is 5.77. The van der Waals surface area contributed by atoms with E-state index >= 15 is 0 Å². The van der Waals surface area contributed by atoms with Crippen molar-refractivity contribution in [3.05, 3.63) is 88.5 Å². The molecule has 0 spiro atoms. The third-order valence-corrected chi connectivity index (χ3v) is 6.20. The fourth-order valence-electron chi connectivity index (χ4n) is 4.09. The van der Waals surface area contributed by atoms with Crippen LogP contribution in [-0.2, 0) is 9.59 Å². The lowest BCUT2D eigenvalue weighted by Gasteiger charge is -2.25. The Kier molecular flexibility index (Phi) is 7.50. The van der Waals surface area contributed by atoms with Gasteiger partial charge in [-0.1, -0.05) is 30.7 Å². The number of rotatable bonds is 8. The van der Waals surface area contributed by atoms with Gasteiger partial charge in [0, 0.05) is 11.3 Å². The summed E-state index contributed by atoms with van der Waals surface area (Å²) >= 11 is 6.14. The van der Waals surface area contributed by atoms with Crippen molar-refractivity contribution in [3.63, 3.8) is 0 Å². The molecule has 1 fully saturated rings. The van der Waals surface area contributed by atoms with Crippen LogP contribution < -0.4 is 19.1 Å². The van der Waals surface area contributed by atoms with Crippen LogP contribution in [0.15, 0.2) is 72.3 Å². The van der Waals surface area contributed by atoms with Crippen LogP contribution in [0.25, 0.3) is 5.76 Å². The van der Waals surface area contributed by atoms with Crippen molar-refractivity contribution in [2.75, 3.05) is 25.7 Å². The fourth-order valence-corrected chi connectivity index (χ4v) is 4.28. The summed E-state index contributed by atoms with van der Waals surface area (Å²) in [5.41, 5.74) is 1.39. The molecule has 1 aliphatic rings. The first-order valence-corrected chi connectivity index (χ1v) is 11.8. The molecule has 1 aliphatic heterocycles. The first-order valence-electron chi connectivity index (χ1n) is 11.4. The third kappa shape index (κ3) is 4.75. The number of carbonyl (C=O) groups excluding carboxylic acids is 2. The number of hydrogen-bond donors (Lipinski definition) is 1. The lowest BCUT2D eigenvalue weighted by molar-refractivity contribution is -0.132. The molecular formula is C28H26ClNO6. The third-order valence-electron chi connectivity index (χ3n) is 5.89. The first kappa shape index (κ1) is 25.1. The molecular weight excluding hydrogens is 482 g/mol. The molecule has 0 bridgehead atoms. The summed E-state index contributed by atoms with van der Waals surface area (Å²) in [5.74, 6) is -0.260. The molecule has 186 valence electrons. The molecule has 0 radical (unpaired) electrons. The second-order valence-corrected chi connectivity index (χ2v) is 8.54. The maximum absolute atomic E-state index is 13.3. The van der Waals surface area contributed by atoms with Gasteiger partial charge in [-0.3, -0.25) is 14.5 Å². The van der Waals surface area contributed by atoms with Gasteiger partial charge in [-0.2, -0.15) is 0 Å². The van der Waals surface area contributed by atoms with Crippen molar-refractivity contribution < 1.29 is 28.9 Å². The molecule has 1 atom stereocenters. The molecule has 1 unspecified atom stereocenters. The van der Waals surface area contributed by atoms with Crippen LogP contribution in [0.4, 0.5) is 5.69 Å². The number of carbonyl (C=O) groups is 2. The molecule has 8 heteroatoms. The van der Waals surface area contributed by atoms with Gasteiger partial charge in [0.2, 0.25) is 0 Å². The molecule has 1 heterocycles. The number of aliphatic hydroxyl groups is 1. The largest absolute Gasteiger partial charge is 0.507 e. The number of Topliss-reactive ketones (excluding diaryl/α,β-unsaturated/α-hetero) is 1. The van der Waals surface area contributed by atoms with E-state index < -0.39 is 17.7 Å². The lowest BCUT2D eigenvalue weighted by atomic mass is 9.95.